The molecule has 1 saturated heterocycles. The van der Waals surface area contributed by atoms with Gasteiger partial charge in [-0.05, 0) is 37.4 Å². The second-order valence-corrected chi connectivity index (χ2v) is 6.72. The molecular weight excluding hydrogens is 290 g/mol. The van der Waals surface area contributed by atoms with Gasteiger partial charge in [-0.3, -0.25) is 4.79 Å². The van der Waals surface area contributed by atoms with E-state index in [-0.39, 0.29) is 5.91 Å². The Morgan fingerprint density at radius 3 is 2.90 bits per heavy atom. The summed E-state index contributed by atoms with van der Waals surface area (Å²) in [5.74, 6) is 0.0379. The highest BCUT2D eigenvalue weighted by Gasteiger charge is 2.24. The largest absolute Gasteiger partial charge is 0.337 e. The van der Waals surface area contributed by atoms with Gasteiger partial charge in [0.2, 0.25) is 0 Å². The third-order valence-corrected chi connectivity index (χ3v) is 5.51. The van der Waals surface area contributed by atoms with Crippen LogP contribution in [0.5, 0.6) is 0 Å². The lowest BCUT2D eigenvalue weighted by Crippen LogP contribution is -2.44. The summed E-state index contributed by atoms with van der Waals surface area (Å²) in [6.07, 6.45) is 2.04. The molecule has 0 unspecified atom stereocenters. The minimum absolute atomic E-state index is 0.0379. The zero-order valence-electron chi connectivity index (χ0n) is 11.3. The van der Waals surface area contributed by atoms with Gasteiger partial charge >= 0.3 is 0 Å². The van der Waals surface area contributed by atoms with Gasteiger partial charge in [0.15, 0.2) is 0 Å². The molecule has 106 valence electrons. The van der Waals surface area contributed by atoms with Crippen LogP contribution in [0.2, 0.25) is 0 Å². The van der Waals surface area contributed by atoms with Crippen LogP contribution in [0.15, 0.2) is 22.9 Å². The summed E-state index contributed by atoms with van der Waals surface area (Å²) in [4.78, 5) is 19.9. The van der Waals surface area contributed by atoms with Crippen molar-refractivity contribution in [3.05, 3.63) is 28.6 Å². The number of rotatable bonds is 3. The van der Waals surface area contributed by atoms with Crippen molar-refractivity contribution in [2.45, 2.75) is 18.9 Å². The smallest absolute Gasteiger partial charge is 0.273 e. The lowest BCUT2D eigenvalue weighted by Gasteiger charge is -2.31. The van der Waals surface area contributed by atoms with Gasteiger partial charge in [0.25, 0.3) is 5.91 Å². The van der Waals surface area contributed by atoms with Crippen molar-refractivity contribution < 1.29 is 4.79 Å². The Balaban J connectivity index is 1.73. The Kier molecular flexibility index (Phi) is 4.14. The molecule has 0 saturated carbocycles. The number of thiazole rings is 1. The molecule has 0 radical (unpaired) electrons. The minimum Gasteiger partial charge on any atom is -0.337 e. The molecule has 1 N–H and O–H groups in total. The van der Waals surface area contributed by atoms with E-state index < -0.39 is 0 Å². The predicted molar refractivity (Wildman–Crippen MR) is 83.4 cm³/mol. The highest BCUT2D eigenvalue weighted by molar-refractivity contribution is 7.20. The second-order valence-electron chi connectivity index (χ2n) is 4.91. The van der Waals surface area contributed by atoms with E-state index in [0.29, 0.717) is 11.7 Å². The SMILES string of the molecule is CN(C(=O)c1csc(-c2cccs2)n1)C1CCNCC1. The fourth-order valence-electron chi connectivity index (χ4n) is 2.43. The summed E-state index contributed by atoms with van der Waals surface area (Å²) in [6, 6.07) is 4.37. The first-order valence-corrected chi connectivity index (χ1v) is 8.49. The number of nitrogens with zero attached hydrogens (tertiary/aromatic N) is 2. The summed E-state index contributed by atoms with van der Waals surface area (Å²) >= 11 is 3.19. The van der Waals surface area contributed by atoms with Gasteiger partial charge < -0.3 is 10.2 Å². The highest BCUT2D eigenvalue weighted by Crippen LogP contribution is 2.28. The van der Waals surface area contributed by atoms with Crippen LogP contribution in [-0.2, 0) is 0 Å². The fraction of sp³-hybridized carbons (Fsp3) is 0.429. The molecule has 1 aliphatic heterocycles. The van der Waals surface area contributed by atoms with Gasteiger partial charge in [-0.2, -0.15) is 0 Å². The molecule has 3 rings (SSSR count). The molecule has 1 amide bonds. The van der Waals surface area contributed by atoms with Gasteiger partial charge in [0.05, 0.1) is 4.88 Å². The van der Waals surface area contributed by atoms with E-state index >= 15 is 0 Å². The first kappa shape index (κ1) is 13.7. The molecule has 0 bridgehead atoms. The third-order valence-electron chi connectivity index (χ3n) is 3.63. The number of hydrogen-bond acceptors (Lipinski definition) is 5. The maximum Gasteiger partial charge on any atom is 0.273 e. The molecule has 3 heterocycles. The minimum atomic E-state index is 0.0379. The number of piperidine rings is 1. The van der Waals surface area contributed by atoms with Crippen LogP contribution >= 0.6 is 22.7 Å². The number of hydrogen-bond donors (Lipinski definition) is 1. The zero-order chi connectivity index (χ0) is 13.9. The molecule has 6 heteroatoms. The predicted octanol–water partition coefficient (Wildman–Crippen LogP) is 2.70. The van der Waals surface area contributed by atoms with Crippen LogP contribution in [0, 0.1) is 0 Å². The van der Waals surface area contributed by atoms with E-state index in [9.17, 15) is 4.79 Å². The van der Waals surface area contributed by atoms with Gasteiger partial charge in [0.1, 0.15) is 10.7 Å². The lowest BCUT2D eigenvalue weighted by atomic mass is 10.1. The Hall–Kier alpha value is -1.24. The highest BCUT2D eigenvalue weighted by atomic mass is 32.1. The van der Waals surface area contributed by atoms with Crippen LogP contribution in [0.4, 0.5) is 0 Å². The molecule has 0 aromatic carbocycles. The van der Waals surface area contributed by atoms with Crippen molar-refractivity contribution in [3.63, 3.8) is 0 Å². The first-order chi connectivity index (χ1) is 9.75. The van der Waals surface area contributed by atoms with Crippen molar-refractivity contribution in [2.24, 2.45) is 0 Å². The topological polar surface area (TPSA) is 45.2 Å². The molecule has 2 aromatic heterocycles. The zero-order valence-corrected chi connectivity index (χ0v) is 13.0. The second kappa shape index (κ2) is 6.03. The van der Waals surface area contributed by atoms with Crippen LogP contribution in [0.1, 0.15) is 23.3 Å². The van der Waals surface area contributed by atoms with Crippen LogP contribution in [0.25, 0.3) is 9.88 Å². The molecule has 2 aromatic rings. The van der Waals surface area contributed by atoms with E-state index in [0.717, 1.165) is 35.8 Å². The first-order valence-electron chi connectivity index (χ1n) is 6.73. The Labute approximate surface area is 126 Å². The maximum absolute atomic E-state index is 12.5. The number of amides is 1. The number of carbonyl (C=O) groups is 1. The van der Waals surface area contributed by atoms with Gasteiger partial charge in [-0.25, -0.2) is 4.98 Å². The molecule has 1 fully saturated rings. The molecule has 0 spiro atoms. The Morgan fingerprint density at radius 2 is 2.20 bits per heavy atom. The van der Waals surface area contributed by atoms with E-state index in [4.69, 9.17) is 0 Å². The van der Waals surface area contributed by atoms with Crippen molar-refractivity contribution in [1.82, 2.24) is 15.2 Å². The third kappa shape index (κ3) is 2.77. The summed E-state index contributed by atoms with van der Waals surface area (Å²) in [6.45, 7) is 1.97. The van der Waals surface area contributed by atoms with E-state index in [2.05, 4.69) is 10.3 Å². The Morgan fingerprint density at radius 1 is 1.40 bits per heavy atom. The number of aromatic nitrogens is 1. The van der Waals surface area contributed by atoms with E-state index in [1.165, 1.54) is 11.3 Å². The number of nitrogens with one attached hydrogen (secondary N) is 1. The average Bonchev–Trinajstić information content (AvgIpc) is 3.17. The summed E-state index contributed by atoms with van der Waals surface area (Å²) in [5.41, 5.74) is 0.569. The summed E-state index contributed by atoms with van der Waals surface area (Å²) in [7, 11) is 1.89. The van der Waals surface area contributed by atoms with Crippen molar-refractivity contribution in [1.29, 1.82) is 0 Å². The van der Waals surface area contributed by atoms with Gasteiger partial charge in [-0.1, -0.05) is 6.07 Å². The maximum atomic E-state index is 12.5. The summed E-state index contributed by atoms with van der Waals surface area (Å²) in [5, 5.41) is 8.15. The summed E-state index contributed by atoms with van der Waals surface area (Å²) < 4.78 is 0. The van der Waals surface area contributed by atoms with Crippen LogP contribution < -0.4 is 5.32 Å². The van der Waals surface area contributed by atoms with E-state index in [1.807, 2.05) is 34.8 Å². The molecule has 0 aliphatic carbocycles. The normalized spacial score (nSPS) is 16.2. The molecule has 4 nitrogen and oxygen atoms in total. The Bertz CT molecular complexity index is 573. The molecule has 0 atom stereocenters. The fourth-order valence-corrected chi connectivity index (χ4v) is 4.03. The molecular formula is C14H17N3OS2. The quantitative estimate of drug-likeness (QED) is 0.948. The van der Waals surface area contributed by atoms with Crippen LogP contribution in [0.3, 0.4) is 0 Å². The van der Waals surface area contributed by atoms with Crippen molar-refractivity contribution in [3.8, 4) is 9.88 Å². The monoisotopic (exact) mass is 307 g/mol. The number of thiophene rings is 1. The standard InChI is InChI=1S/C14H17N3OS2/c1-17(10-4-6-15-7-5-10)14(18)11-9-20-13(16-11)12-3-2-8-19-12/h2-3,8-10,15H,4-7H2,1H3. The molecule has 20 heavy (non-hydrogen) atoms. The molecule has 1 aliphatic rings. The van der Waals surface area contributed by atoms with Crippen molar-refractivity contribution in [2.75, 3.05) is 20.1 Å². The lowest BCUT2D eigenvalue weighted by molar-refractivity contribution is 0.0698. The average molecular weight is 307 g/mol. The number of carbonyl (C=O) groups excluding carboxylic acids is 1. The van der Waals surface area contributed by atoms with Crippen molar-refractivity contribution >= 4 is 28.6 Å². The van der Waals surface area contributed by atoms with E-state index in [1.54, 1.807) is 11.3 Å². The van der Waals surface area contributed by atoms with Gasteiger partial charge in [0, 0.05) is 18.5 Å². The van der Waals surface area contributed by atoms with Gasteiger partial charge in [-0.15, -0.1) is 22.7 Å². The van der Waals surface area contributed by atoms with Crippen LogP contribution in [-0.4, -0.2) is 42.0 Å².